The van der Waals surface area contributed by atoms with Crippen molar-refractivity contribution in [3.05, 3.63) is 33.4 Å². The second-order valence-electron chi connectivity index (χ2n) is 4.81. The maximum atomic E-state index is 12.0. The lowest BCUT2D eigenvalue weighted by Crippen LogP contribution is -2.26. The molecule has 2 aromatic rings. The number of fused-ring (bicyclic) bond motifs is 1. The summed E-state index contributed by atoms with van der Waals surface area (Å²) in [5.41, 5.74) is 1.66. The van der Waals surface area contributed by atoms with Crippen LogP contribution in [0, 0.1) is 0 Å². The number of aromatic nitrogens is 2. The number of thiazole rings is 1. The molecule has 0 unspecified atom stereocenters. The van der Waals surface area contributed by atoms with Crippen LogP contribution in [-0.2, 0) is 25.7 Å². The van der Waals surface area contributed by atoms with Gasteiger partial charge in [0.05, 0.1) is 10.7 Å². The molecule has 2 heterocycles. The van der Waals surface area contributed by atoms with E-state index >= 15 is 0 Å². The number of nitrogens with zero attached hydrogens (tertiary/aromatic N) is 2. The van der Waals surface area contributed by atoms with Crippen molar-refractivity contribution in [2.45, 2.75) is 39.0 Å². The van der Waals surface area contributed by atoms with Crippen LogP contribution >= 0.6 is 11.3 Å². The largest absolute Gasteiger partial charge is 0.448 e. The highest BCUT2D eigenvalue weighted by Gasteiger charge is 2.17. The normalized spacial score (nSPS) is 13.4. The maximum absolute atomic E-state index is 12.0. The second kappa shape index (κ2) is 5.75. The van der Waals surface area contributed by atoms with E-state index in [2.05, 4.69) is 15.3 Å². The third-order valence-electron chi connectivity index (χ3n) is 3.44. The predicted octanol–water partition coefficient (Wildman–Crippen LogP) is 2.15. The number of carbonyl (C=O) groups is 1. The van der Waals surface area contributed by atoms with Crippen LogP contribution in [0.2, 0.25) is 0 Å². The summed E-state index contributed by atoms with van der Waals surface area (Å²) in [5, 5.41) is 3.99. The fourth-order valence-corrected chi connectivity index (χ4v) is 3.58. The van der Waals surface area contributed by atoms with Gasteiger partial charge in [-0.05, 0) is 19.3 Å². The van der Waals surface area contributed by atoms with E-state index in [1.807, 2.05) is 6.92 Å². The summed E-state index contributed by atoms with van der Waals surface area (Å²) in [7, 11) is 0. The number of oxazole rings is 1. The Bertz CT molecular complexity index is 596. The Balaban J connectivity index is 1.53. The van der Waals surface area contributed by atoms with Crippen LogP contribution in [0.1, 0.15) is 45.2 Å². The molecule has 0 saturated heterocycles. The van der Waals surface area contributed by atoms with E-state index in [-0.39, 0.29) is 5.91 Å². The first kappa shape index (κ1) is 13.3. The third-order valence-corrected chi connectivity index (χ3v) is 4.66. The molecule has 1 N–H and O–H groups in total. The molecule has 3 rings (SSSR count). The summed E-state index contributed by atoms with van der Waals surface area (Å²) in [4.78, 5) is 22.0. The van der Waals surface area contributed by atoms with E-state index in [1.54, 1.807) is 11.3 Å². The first-order valence-corrected chi connectivity index (χ1v) is 7.77. The molecular weight excluding hydrogens is 274 g/mol. The van der Waals surface area contributed by atoms with Gasteiger partial charge in [0.2, 0.25) is 0 Å². The minimum atomic E-state index is -0.167. The lowest BCUT2D eigenvalue weighted by Gasteiger charge is -2.02. The molecule has 0 radical (unpaired) electrons. The Kier molecular flexibility index (Phi) is 3.82. The van der Waals surface area contributed by atoms with Crippen LogP contribution in [0.15, 0.2) is 10.8 Å². The molecule has 20 heavy (non-hydrogen) atoms. The van der Waals surface area contributed by atoms with Crippen LogP contribution < -0.4 is 5.32 Å². The summed E-state index contributed by atoms with van der Waals surface area (Å²) in [5.74, 6) is 0.468. The van der Waals surface area contributed by atoms with Gasteiger partial charge in [0.1, 0.15) is 5.76 Å². The van der Waals surface area contributed by atoms with Gasteiger partial charge in [0.15, 0.2) is 12.1 Å². The van der Waals surface area contributed by atoms with E-state index in [4.69, 9.17) is 4.42 Å². The second-order valence-corrected chi connectivity index (χ2v) is 5.98. The fourth-order valence-electron chi connectivity index (χ4n) is 2.42. The van der Waals surface area contributed by atoms with E-state index in [9.17, 15) is 4.79 Å². The summed E-state index contributed by atoms with van der Waals surface area (Å²) in [6.45, 7) is 2.52. The Hall–Kier alpha value is -1.69. The first-order valence-electron chi connectivity index (χ1n) is 6.96. The van der Waals surface area contributed by atoms with Gasteiger partial charge in [-0.15, -0.1) is 11.3 Å². The molecule has 0 aromatic carbocycles. The molecule has 1 aliphatic carbocycles. The number of amides is 1. The summed E-state index contributed by atoms with van der Waals surface area (Å²) >= 11 is 1.78. The summed E-state index contributed by atoms with van der Waals surface area (Å²) in [6.07, 6.45) is 6.27. The molecule has 5 nitrogen and oxygen atoms in total. The topological polar surface area (TPSA) is 68.0 Å². The third kappa shape index (κ3) is 2.60. The van der Waals surface area contributed by atoms with E-state index < -0.39 is 0 Å². The highest BCUT2D eigenvalue weighted by atomic mass is 32.1. The zero-order valence-corrected chi connectivity index (χ0v) is 12.3. The van der Waals surface area contributed by atoms with Crippen LogP contribution in [0.4, 0.5) is 0 Å². The van der Waals surface area contributed by atoms with Gasteiger partial charge < -0.3 is 9.73 Å². The minimum Gasteiger partial charge on any atom is -0.448 e. The molecule has 1 aliphatic rings. The maximum Gasteiger partial charge on any atom is 0.273 e. The molecule has 106 valence electrons. The SMILES string of the molecule is CCc1ocnc1C(=O)NCCc1nc2c(s1)CCC2. The van der Waals surface area contributed by atoms with Gasteiger partial charge in [-0.2, -0.15) is 0 Å². The number of carbonyl (C=O) groups excluding carboxylic acids is 1. The highest BCUT2D eigenvalue weighted by molar-refractivity contribution is 7.11. The van der Waals surface area contributed by atoms with Crippen LogP contribution in [-0.4, -0.2) is 22.4 Å². The lowest BCUT2D eigenvalue weighted by molar-refractivity contribution is 0.0948. The van der Waals surface area contributed by atoms with Crippen molar-refractivity contribution in [2.24, 2.45) is 0 Å². The van der Waals surface area contributed by atoms with Crippen molar-refractivity contribution in [2.75, 3.05) is 6.54 Å². The Morgan fingerprint density at radius 2 is 2.40 bits per heavy atom. The molecule has 0 aliphatic heterocycles. The molecule has 2 aromatic heterocycles. The number of hydrogen-bond acceptors (Lipinski definition) is 5. The summed E-state index contributed by atoms with van der Waals surface area (Å²) < 4.78 is 5.16. The molecule has 0 bridgehead atoms. The standard InChI is InChI=1S/C14H17N3O2S/c1-2-10-13(16-8-19-10)14(18)15-7-6-12-17-9-4-3-5-11(9)20-12/h8H,2-7H2,1H3,(H,15,18). The lowest BCUT2D eigenvalue weighted by atomic mass is 10.2. The number of hydrogen-bond donors (Lipinski definition) is 1. The zero-order valence-electron chi connectivity index (χ0n) is 11.4. The summed E-state index contributed by atoms with van der Waals surface area (Å²) in [6, 6.07) is 0. The van der Waals surface area contributed by atoms with Crippen molar-refractivity contribution >= 4 is 17.2 Å². The average molecular weight is 291 g/mol. The van der Waals surface area contributed by atoms with Gasteiger partial charge in [-0.1, -0.05) is 6.92 Å². The van der Waals surface area contributed by atoms with Gasteiger partial charge in [0, 0.05) is 24.3 Å². The van der Waals surface area contributed by atoms with Crippen LogP contribution in [0.5, 0.6) is 0 Å². The van der Waals surface area contributed by atoms with E-state index in [0.717, 1.165) is 24.3 Å². The average Bonchev–Trinajstić information content (AvgIpc) is 3.12. The van der Waals surface area contributed by atoms with Gasteiger partial charge in [-0.25, -0.2) is 9.97 Å². The van der Waals surface area contributed by atoms with Gasteiger partial charge >= 0.3 is 0 Å². The molecule has 0 saturated carbocycles. The quantitative estimate of drug-likeness (QED) is 0.916. The molecule has 6 heteroatoms. The van der Waals surface area contributed by atoms with Gasteiger partial charge in [0.25, 0.3) is 5.91 Å². The minimum absolute atomic E-state index is 0.167. The zero-order chi connectivity index (χ0) is 13.9. The molecule has 0 atom stereocenters. The Morgan fingerprint density at radius 1 is 1.50 bits per heavy atom. The van der Waals surface area contributed by atoms with Crippen molar-refractivity contribution in [1.82, 2.24) is 15.3 Å². The smallest absolute Gasteiger partial charge is 0.273 e. The van der Waals surface area contributed by atoms with E-state index in [0.29, 0.717) is 24.4 Å². The number of aryl methyl sites for hydroxylation is 3. The van der Waals surface area contributed by atoms with Crippen molar-refractivity contribution in [3.63, 3.8) is 0 Å². The monoisotopic (exact) mass is 291 g/mol. The number of rotatable bonds is 5. The number of nitrogens with one attached hydrogen (secondary N) is 1. The fraction of sp³-hybridized carbons (Fsp3) is 0.500. The van der Waals surface area contributed by atoms with Crippen molar-refractivity contribution in [3.8, 4) is 0 Å². The first-order chi connectivity index (χ1) is 9.78. The predicted molar refractivity (Wildman–Crippen MR) is 76.1 cm³/mol. The molecule has 0 fully saturated rings. The molecular formula is C14H17N3O2S. The van der Waals surface area contributed by atoms with E-state index in [1.165, 1.54) is 23.4 Å². The van der Waals surface area contributed by atoms with Crippen LogP contribution in [0.25, 0.3) is 0 Å². The molecule has 1 amide bonds. The molecule has 0 spiro atoms. The van der Waals surface area contributed by atoms with Crippen molar-refractivity contribution in [1.29, 1.82) is 0 Å². The Morgan fingerprint density at radius 3 is 3.20 bits per heavy atom. The van der Waals surface area contributed by atoms with Crippen molar-refractivity contribution < 1.29 is 9.21 Å². The van der Waals surface area contributed by atoms with Gasteiger partial charge in [-0.3, -0.25) is 4.79 Å². The highest BCUT2D eigenvalue weighted by Crippen LogP contribution is 2.27. The Labute approximate surface area is 121 Å². The van der Waals surface area contributed by atoms with Crippen LogP contribution in [0.3, 0.4) is 0 Å².